The highest BCUT2D eigenvalue weighted by Gasteiger charge is 2.20. The first-order valence-corrected chi connectivity index (χ1v) is 9.17. The van der Waals surface area contributed by atoms with E-state index in [9.17, 15) is 4.79 Å². The first-order valence-electron chi connectivity index (χ1n) is 8.29. The molecule has 1 aliphatic heterocycles. The molecule has 26 heavy (non-hydrogen) atoms. The Labute approximate surface area is 153 Å². The maximum atomic E-state index is 11.6. The fourth-order valence-corrected chi connectivity index (χ4v) is 4.20. The van der Waals surface area contributed by atoms with Gasteiger partial charge in [-0.25, -0.2) is 4.98 Å². The van der Waals surface area contributed by atoms with E-state index in [0.29, 0.717) is 5.69 Å². The molecule has 0 bridgehead atoms. The Balaban J connectivity index is 1.59. The molecule has 3 heterocycles. The van der Waals surface area contributed by atoms with Crippen molar-refractivity contribution in [3.63, 3.8) is 0 Å². The largest absolute Gasteiger partial charge is 0.481 e. The number of hydrogen-bond acceptors (Lipinski definition) is 4. The summed E-state index contributed by atoms with van der Waals surface area (Å²) in [5, 5.41) is 7.06. The van der Waals surface area contributed by atoms with E-state index in [2.05, 4.69) is 28.5 Å². The lowest BCUT2D eigenvalue weighted by Gasteiger charge is -2.20. The van der Waals surface area contributed by atoms with Crippen LogP contribution in [0.1, 0.15) is 5.56 Å². The van der Waals surface area contributed by atoms with E-state index in [-0.39, 0.29) is 12.5 Å². The second-order valence-corrected chi connectivity index (χ2v) is 7.15. The van der Waals surface area contributed by atoms with Crippen molar-refractivity contribution < 1.29 is 9.53 Å². The topological polar surface area (TPSA) is 67.0 Å². The van der Waals surface area contributed by atoms with Gasteiger partial charge in [-0.05, 0) is 36.8 Å². The Kier molecular flexibility index (Phi) is 3.33. The van der Waals surface area contributed by atoms with Crippen molar-refractivity contribution in [2.45, 2.75) is 6.92 Å². The van der Waals surface area contributed by atoms with Crippen LogP contribution < -0.4 is 10.1 Å². The lowest BCUT2D eigenvalue weighted by atomic mass is 10.1. The summed E-state index contributed by atoms with van der Waals surface area (Å²) in [5.41, 5.74) is 5.77. The molecule has 0 unspecified atom stereocenters. The van der Waals surface area contributed by atoms with Gasteiger partial charge in [0, 0.05) is 33.6 Å². The van der Waals surface area contributed by atoms with Gasteiger partial charge in [-0.2, -0.15) is 0 Å². The number of carbonyl (C=O) groups is 1. The zero-order chi connectivity index (χ0) is 17.7. The number of hydrogen-bond donors (Lipinski definition) is 2. The van der Waals surface area contributed by atoms with Crippen LogP contribution in [-0.4, -0.2) is 22.5 Å². The second-order valence-electron chi connectivity index (χ2n) is 6.29. The van der Waals surface area contributed by atoms with Crippen LogP contribution in [0.5, 0.6) is 5.75 Å². The highest BCUT2D eigenvalue weighted by Crippen LogP contribution is 2.38. The molecule has 0 fully saturated rings. The Morgan fingerprint density at radius 1 is 1.23 bits per heavy atom. The minimum absolute atomic E-state index is 0.0642. The van der Waals surface area contributed by atoms with Gasteiger partial charge in [-0.1, -0.05) is 12.1 Å². The standard InChI is InChI=1S/C20H15N3O2S/c1-11-7-12(8-16-19(11)25-9-18(24)22-16)17-10-26-20(23-17)14-3-2-4-15-13(14)5-6-21-15/h2-8,10,21H,9H2,1H3,(H,22,24). The minimum Gasteiger partial charge on any atom is -0.481 e. The molecule has 1 amide bonds. The zero-order valence-corrected chi connectivity index (χ0v) is 14.8. The highest BCUT2D eigenvalue weighted by atomic mass is 32.1. The van der Waals surface area contributed by atoms with Crippen LogP contribution in [-0.2, 0) is 4.79 Å². The van der Waals surface area contributed by atoms with Gasteiger partial charge < -0.3 is 15.0 Å². The number of aromatic nitrogens is 2. The monoisotopic (exact) mass is 361 g/mol. The number of nitrogens with zero attached hydrogens (tertiary/aromatic N) is 1. The summed E-state index contributed by atoms with van der Waals surface area (Å²) in [6.45, 7) is 2.04. The number of anilines is 1. The number of nitrogens with one attached hydrogen (secondary N) is 2. The van der Waals surface area contributed by atoms with Crippen LogP contribution in [0.3, 0.4) is 0 Å². The van der Waals surface area contributed by atoms with Gasteiger partial charge in [0.15, 0.2) is 6.61 Å². The molecule has 0 saturated carbocycles. The number of thiazole rings is 1. The molecule has 2 aromatic heterocycles. The molecule has 0 atom stereocenters. The van der Waals surface area contributed by atoms with E-state index in [1.807, 2.05) is 36.7 Å². The number of benzene rings is 2. The number of amides is 1. The van der Waals surface area contributed by atoms with Crippen LogP contribution >= 0.6 is 11.3 Å². The summed E-state index contributed by atoms with van der Waals surface area (Å²) >= 11 is 1.62. The van der Waals surface area contributed by atoms with E-state index >= 15 is 0 Å². The van der Waals surface area contributed by atoms with Crippen molar-refractivity contribution in [1.29, 1.82) is 0 Å². The second kappa shape index (κ2) is 5.71. The fraction of sp³-hybridized carbons (Fsp3) is 0.100. The van der Waals surface area contributed by atoms with E-state index in [0.717, 1.165) is 44.0 Å². The smallest absolute Gasteiger partial charge is 0.262 e. The fourth-order valence-electron chi connectivity index (χ4n) is 3.33. The van der Waals surface area contributed by atoms with Gasteiger partial charge in [0.25, 0.3) is 5.91 Å². The quantitative estimate of drug-likeness (QED) is 0.548. The molecule has 128 valence electrons. The predicted octanol–water partition coefficient (Wildman–Crippen LogP) is 4.60. The third kappa shape index (κ3) is 2.38. The summed E-state index contributed by atoms with van der Waals surface area (Å²) in [7, 11) is 0. The molecule has 0 radical (unpaired) electrons. The Morgan fingerprint density at radius 3 is 3.08 bits per heavy atom. The summed E-state index contributed by atoms with van der Waals surface area (Å²) in [5.74, 6) is 0.605. The molecule has 4 aromatic rings. The lowest BCUT2D eigenvalue weighted by molar-refractivity contribution is -0.118. The van der Waals surface area contributed by atoms with Gasteiger partial charge >= 0.3 is 0 Å². The Hall–Kier alpha value is -3.12. The normalized spacial score (nSPS) is 13.3. The molecule has 2 N–H and O–H groups in total. The minimum atomic E-state index is -0.132. The van der Waals surface area contributed by atoms with Crippen LogP contribution in [0, 0.1) is 6.92 Å². The number of ether oxygens (including phenoxy) is 1. The zero-order valence-electron chi connectivity index (χ0n) is 14.0. The lowest BCUT2D eigenvalue weighted by Crippen LogP contribution is -2.25. The van der Waals surface area contributed by atoms with Crippen molar-refractivity contribution in [2.24, 2.45) is 0 Å². The third-order valence-corrected chi connectivity index (χ3v) is 5.40. The van der Waals surface area contributed by atoms with Crippen LogP contribution in [0.25, 0.3) is 32.7 Å². The number of fused-ring (bicyclic) bond motifs is 2. The van der Waals surface area contributed by atoms with E-state index < -0.39 is 0 Å². The van der Waals surface area contributed by atoms with Crippen molar-refractivity contribution in [3.05, 3.63) is 53.5 Å². The van der Waals surface area contributed by atoms with Gasteiger partial charge in [-0.3, -0.25) is 4.79 Å². The van der Waals surface area contributed by atoms with Crippen LogP contribution in [0.2, 0.25) is 0 Å². The molecule has 0 aliphatic carbocycles. The van der Waals surface area contributed by atoms with E-state index in [1.54, 1.807) is 11.3 Å². The molecular formula is C20H15N3O2S. The molecule has 0 spiro atoms. The van der Waals surface area contributed by atoms with Crippen molar-refractivity contribution in [1.82, 2.24) is 9.97 Å². The van der Waals surface area contributed by atoms with Gasteiger partial charge in [0.05, 0.1) is 11.4 Å². The molecule has 5 nitrogen and oxygen atoms in total. The molecule has 2 aromatic carbocycles. The van der Waals surface area contributed by atoms with E-state index in [4.69, 9.17) is 9.72 Å². The van der Waals surface area contributed by atoms with Crippen molar-refractivity contribution in [3.8, 4) is 27.6 Å². The Bertz CT molecular complexity index is 1160. The maximum Gasteiger partial charge on any atom is 0.262 e. The number of carbonyl (C=O) groups excluding carboxylic acids is 1. The molecule has 0 saturated heterocycles. The average Bonchev–Trinajstić information content (AvgIpc) is 3.30. The van der Waals surface area contributed by atoms with Gasteiger partial charge in [0.1, 0.15) is 10.8 Å². The van der Waals surface area contributed by atoms with Gasteiger partial charge in [-0.15, -0.1) is 11.3 Å². The number of aryl methyl sites for hydroxylation is 1. The number of aromatic amines is 1. The Morgan fingerprint density at radius 2 is 2.15 bits per heavy atom. The summed E-state index contributed by atoms with van der Waals surface area (Å²) in [6.07, 6.45) is 1.94. The van der Waals surface area contributed by atoms with Crippen molar-refractivity contribution >= 4 is 33.8 Å². The van der Waals surface area contributed by atoms with Crippen molar-refractivity contribution in [2.75, 3.05) is 11.9 Å². The van der Waals surface area contributed by atoms with Crippen LogP contribution in [0.4, 0.5) is 5.69 Å². The number of rotatable bonds is 2. The summed E-state index contributed by atoms with van der Waals surface area (Å²) in [4.78, 5) is 19.7. The molecule has 1 aliphatic rings. The molecule has 5 rings (SSSR count). The summed E-state index contributed by atoms with van der Waals surface area (Å²) < 4.78 is 5.54. The molecule has 6 heteroatoms. The maximum absolute atomic E-state index is 11.6. The molecular weight excluding hydrogens is 346 g/mol. The number of H-pyrrole nitrogens is 1. The predicted molar refractivity (Wildman–Crippen MR) is 104 cm³/mol. The first-order chi connectivity index (χ1) is 12.7. The van der Waals surface area contributed by atoms with Gasteiger partial charge in [0.2, 0.25) is 0 Å². The SMILES string of the molecule is Cc1cc(-c2csc(-c3cccc4[nH]ccc34)n2)cc2c1OCC(=O)N2. The highest BCUT2D eigenvalue weighted by molar-refractivity contribution is 7.13. The van der Waals surface area contributed by atoms with E-state index in [1.165, 1.54) is 0 Å². The first kappa shape index (κ1) is 15.2. The third-order valence-electron chi connectivity index (χ3n) is 4.52. The average molecular weight is 361 g/mol. The van der Waals surface area contributed by atoms with Crippen LogP contribution in [0.15, 0.2) is 48.0 Å². The summed E-state index contributed by atoms with van der Waals surface area (Å²) in [6, 6.07) is 12.2.